The zero-order valence-corrected chi connectivity index (χ0v) is 12.1. The summed E-state index contributed by atoms with van der Waals surface area (Å²) in [5.41, 5.74) is 0.754. The lowest BCUT2D eigenvalue weighted by Crippen LogP contribution is -2.40. The van der Waals surface area contributed by atoms with Gasteiger partial charge in [0, 0.05) is 7.05 Å². The van der Waals surface area contributed by atoms with Gasteiger partial charge in [-0.25, -0.2) is 4.79 Å². The standard InChI is InChI=1S/C15H20N2O2/c1-11(14(18)19-15(2,3)4)17(5)13-9-7-6-8-12(13)10-16/h6-9,11H,1-5H3. The van der Waals surface area contributed by atoms with E-state index in [2.05, 4.69) is 6.07 Å². The molecular formula is C15H20N2O2. The number of nitriles is 1. The van der Waals surface area contributed by atoms with Crippen LogP contribution in [0.3, 0.4) is 0 Å². The fourth-order valence-electron chi connectivity index (χ4n) is 1.63. The second-order valence-corrected chi connectivity index (χ2v) is 5.45. The van der Waals surface area contributed by atoms with Gasteiger partial charge >= 0.3 is 5.97 Å². The van der Waals surface area contributed by atoms with Crippen LogP contribution in [0.5, 0.6) is 0 Å². The van der Waals surface area contributed by atoms with Crippen LogP contribution in [-0.4, -0.2) is 24.7 Å². The van der Waals surface area contributed by atoms with Crippen LogP contribution >= 0.6 is 0 Å². The first-order valence-electron chi connectivity index (χ1n) is 6.21. The predicted octanol–water partition coefficient (Wildman–Crippen LogP) is 2.72. The zero-order valence-electron chi connectivity index (χ0n) is 12.1. The highest BCUT2D eigenvalue weighted by molar-refractivity contribution is 5.80. The molecule has 0 spiro atoms. The van der Waals surface area contributed by atoms with Crippen LogP contribution in [0.2, 0.25) is 0 Å². The molecule has 0 aliphatic rings. The van der Waals surface area contributed by atoms with Crippen LogP contribution in [-0.2, 0) is 9.53 Å². The molecule has 0 saturated carbocycles. The number of carbonyl (C=O) groups excluding carboxylic acids is 1. The lowest BCUT2D eigenvalue weighted by atomic mass is 10.1. The highest BCUT2D eigenvalue weighted by atomic mass is 16.6. The topological polar surface area (TPSA) is 53.3 Å². The maximum Gasteiger partial charge on any atom is 0.328 e. The van der Waals surface area contributed by atoms with Gasteiger partial charge in [-0.2, -0.15) is 5.26 Å². The Bertz CT molecular complexity index is 498. The lowest BCUT2D eigenvalue weighted by molar-refractivity contribution is -0.155. The van der Waals surface area contributed by atoms with Crippen molar-refractivity contribution in [3.05, 3.63) is 29.8 Å². The van der Waals surface area contributed by atoms with Gasteiger partial charge in [0.2, 0.25) is 0 Å². The summed E-state index contributed by atoms with van der Waals surface area (Å²) < 4.78 is 5.35. The molecule has 0 heterocycles. The molecule has 4 nitrogen and oxygen atoms in total. The molecule has 1 aromatic carbocycles. The van der Waals surface area contributed by atoms with Crippen LogP contribution in [0, 0.1) is 11.3 Å². The van der Waals surface area contributed by atoms with Crippen LogP contribution < -0.4 is 4.90 Å². The van der Waals surface area contributed by atoms with E-state index < -0.39 is 11.6 Å². The van der Waals surface area contributed by atoms with Crippen LogP contribution in [0.4, 0.5) is 5.69 Å². The highest BCUT2D eigenvalue weighted by Crippen LogP contribution is 2.21. The largest absolute Gasteiger partial charge is 0.458 e. The smallest absolute Gasteiger partial charge is 0.328 e. The van der Waals surface area contributed by atoms with E-state index in [9.17, 15) is 4.79 Å². The monoisotopic (exact) mass is 260 g/mol. The maximum atomic E-state index is 12.0. The first-order chi connectivity index (χ1) is 8.76. The second-order valence-electron chi connectivity index (χ2n) is 5.45. The summed E-state index contributed by atoms with van der Waals surface area (Å²) >= 11 is 0. The number of hydrogen-bond acceptors (Lipinski definition) is 4. The number of benzene rings is 1. The Kier molecular flexibility index (Phi) is 4.55. The summed E-state index contributed by atoms with van der Waals surface area (Å²) in [4.78, 5) is 13.8. The number of rotatable bonds is 3. The fourth-order valence-corrected chi connectivity index (χ4v) is 1.63. The Morgan fingerprint density at radius 3 is 2.47 bits per heavy atom. The van der Waals surface area contributed by atoms with Gasteiger partial charge in [-0.3, -0.25) is 0 Å². The number of ether oxygens (including phenoxy) is 1. The van der Waals surface area contributed by atoms with Gasteiger partial charge in [-0.15, -0.1) is 0 Å². The van der Waals surface area contributed by atoms with Crippen molar-refractivity contribution < 1.29 is 9.53 Å². The average Bonchev–Trinajstić information content (AvgIpc) is 2.34. The molecule has 0 saturated heterocycles. The number of carbonyl (C=O) groups is 1. The van der Waals surface area contributed by atoms with Crippen molar-refractivity contribution in [2.24, 2.45) is 0 Å². The molecule has 0 aliphatic heterocycles. The van der Waals surface area contributed by atoms with Crippen molar-refractivity contribution in [1.82, 2.24) is 0 Å². The number of nitrogens with zero attached hydrogens (tertiary/aromatic N) is 2. The summed E-state index contributed by atoms with van der Waals surface area (Å²) in [6.45, 7) is 7.27. The number of anilines is 1. The van der Waals surface area contributed by atoms with Crippen molar-refractivity contribution in [2.45, 2.75) is 39.3 Å². The molecule has 19 heavy (non-hydrogen) atoms. The first kappa shape index (κ1) is 15.0. The van der Waals surface area contributed by atoms with Crippen molar-refractivity contribution in [1.29, 1.82) is 5.26 Å². The normalized spacial score (nSPS) is 12.4. The fraction of sp³-hybridized carbons (Fsp3) is 0.467. The van der Waals surface area contributed by atoms with E-state index in [0.29, 0.717) is 5.56 Å². The minimum Gasteiger partial charge on any atom is -0.458 e. The van der Waals surface area contributed by atoms with E-state index in [4.69, 9.17) is 10.00 Å². The molecule has 1 atom stereocenters. The molecular weight excluding hydrogens is 240 g/mol. The van der Waals surface area contributed by atoms with Gasteiger partial charge in [-0.05, 0) is 39.8 Å². The molecule has 1 rings (SSSR count). The molecule has 1 unspecified atom stereocenters. The van der Waals surface area contributed by atoms with Gasteiger partial charge in [0.05, 0.1) is 11.3 Å². The predicted molar refractivity (Wildman–Crippen MR) is 74.9 cm³/mol. The summed E-state index contributed by atoms with van der Waals surface area (Å²) in [5, 5.41) is 9.08. The van der Waals surface area contributed by atoms with Crippen LogP contribution in [0.1, 0.15) is 33.3 Å². The minimum absolute atomic E-state index is 0.303. The molecule has 0 radical (unpaired) electrons. The summed E-state index contributed by atoms with van der Waals surface area (Å²) in [5.74, 6) is -0.303. The van der Waals surface area contributed by atoms with Gasteiger partial charge < -0.3 is 9.64 Å². The third-order valence-corrected chi connectivity index (χ3v) is 2.73. The molecule has 102 valence electrons. The van der Waals surface area contributed by atoms with E-state index in [-0.39, 0.29) is 5.97 Å². The maximum absolute atomic E-state index is 12.0. The number of esters is 1. The molecule has 0 aromatic heterocycles. The Balaban J connectivity index is 2.91. The Morgan fingerprint density at radius 1 is 1.37 bits per heavy atom. The van der Waals surface area contributed by atoms with E-state index in [1.54, 1.807) is 31.0 Å². The minimum atomic E-state index is -0.513. The molecule has 0 N–H and O–H groups in total. The molecule has 0 aliphatic carbocycles. The van der Waals surface area contributed by atoms with Gasteiger partial charge in [-0.1, -0.05) is 12.1 Å². The second kappa shape index (κ2) is 5.75. The molecule has 4 heteroatoms. The molecule has 0 amide bonds. The van der Waals surface area contributed by atoms with E-state index in [1.165, 1.54) is 0 Å². The zero-order chi connectivity index (χ0) is 14.6. The quantitative estimate of drug-likeness (QED) is 0.784. The van der Waals surface area contributed by atoms with E-state index in [0.717, 1.165) is 5.69 Å². The lowest BCUT2D eigenvalue weighted by Gasteiger charge is -2.29. The Morgan fingerprint density at radius 2 is 1.95 bits per heavy atom. The van der Waals surface area contributed by atoms with Gasteiger partial charge in [0.1, 0.15) is 17.7 Å². The third kappa shape index (κ3) is 3.99. The van der Waals surface area contributed by atoms with E-state index >= 15 is 0 Å². The van der Waals surface area contributed by atoms with E-state index in [1.807, 2.05) is 32.9 Å². The molecule has 0 bridgehead atoms. The summed E-state index contributed by atoms with van der Waals surface area (Å²) in [7, 11) is 1.78. The number of likely N-dealkylation sites (N-methyl/N-ethyl adjacent to an activating group) is 1. The van der Waals surface area contributed by atoms with Crippen LogP contribution in [0.15, 0.2) is 24.3 Å². The summed E-state index contributed by atoms with van der Waals surface area (Å²) in [6, 6.07) is 8.86. The average molecular weight is 260 g/mol. The molecule has 1 aromatic rings. The SMILES string of the molecule is CC(C(=O)OC(C)(C)C)N(C)c1ccccc1C#N. The Hall–Kier alpha value is -2.02. The number of hydrogen-bond donors (Lipinski definition) is 0. The highest BCUT2D eigenvalue weighted by Gasteiger charge is 2.25. The Labute approximate surface area is 114 Å². The number of para-hydroxylation sites is 1. The van der Waals surface area contributed by atoms with Crippen molar-refractivity contribution in [2.75, 3.05) is 11.9 Å². The van der Waals surface area contributed by atoms with Gasteiger partial charge in [0.15, 0.2) is 0 Å². The third-order valence-electron chi connectivity index (χ3n) is 2.73. The first-order valence-corrected chi connectivity index (χ1v) is 6.21. The van der Waals surface area contributed by atoms with Crippen molar-refractivity contribution in [3.63, 3.8) is 0 Å². The van der Waals surface area contributed by atoms with Crippen LogP contribution in [0.25, 0.3) is 0 Å². The van der Waals surface area contributed by atoms with Crippen molar-refractivity contribution >= 4 is 11.7 Å². The van der Waals surface area contributed by atoms with Gasteiger partial charge in [0.25, 0.3) is 0 Å². The summed E-state index contributed by atoms with van der Waals surface area (Å²) in [6.07, 6.45) is 0. The molecule has 0 fully saturated rings. The van der Waals surface area contributed by atoms with Crippen molar-refractivity contribution in [3.8, 4) is 6.07 Å².